The second-order valence-corrected chi connectivity index (χ2v) is 6.19. The number of pyridine rings is 1. The van der Waals surface area contributed by atoms with Crippen LogP contribution in [0.2, 0.25) is 0 Å². The normalized spacial score (nSPS) is 10.8. The van der Waals surface area contributed by atoms with Crippen molar-refractivity contribution in [3.8, 4) is 21.6 Å². The van der Waals surface area contributed by atoms with Gasteiger partial charge in [0.05, 0.1) is 0 Å². The highest BCUT2D eigenvalue weighted by atomic mass is 32.1. The van der Waals surface area contributed by atoms with Gasteiger partial charge in [-0.05, 0) is 41.3 Å². The van der Waals surface area contributed by atoms with Crippen LogP contribution in [0.15, 0.2) is 60.2 Å². The number of nitrogens with zero attached hydrogens (tertiary/aromatic N) is 1. The number of hydrogen-bond acceptors (Lipinski definition) is 3. The van der Waals surface area contributed by atoms with E-state index in [9.17, 15) is 4.79 Å². The van der Waals surface area contributed by atoms with Crippen LogP contribution in [0.3, 0.4) is 0 Å². The molecule has 0 radical (unpaired) electrons. The molecule has 4 rings (SSSR count). The van der Waals surface area contributed by atoms with E-state index in [0.717, 1.165) is 27.7 Å². The molecule has 6 heteroatoms. The maximum absolute atomic E-state index is 10.7. The van der Waals surface area contributed by atoms with Crippen molar-refractivity contribution in [2.75, 3.05) is 5.32 Å². The fraction of sp³-hybridized carbons (Fsp3) is 0. The van der Waals surface area contributed by atoms with Gasteiger partial charge in [0.2, 0.25) is 0 Å². The number of aromatic amines is 1. The molecule has 0 fully saturated rings. The predicted octanol–water partition coefficient (Wildman–Crippen LogP) is 5.05. The molecule has 0 spiro atoms. The van der Waals surface area contributed by atoms with Crippen molar-refractivity contribution in [3.05, 3.63) is 60.2 Å². The van der Waals surface area contributed by atoms with Crippen LogP contribution in [0, 0.1) is 0 Å². The highest BCUT2D eigenvalue weighted by molar-refractivity contribution is 7.14. The third-order valence-electron chi connectivity index (χ3n) is 3.82. The molecule has 118 valence electrons. The average Bonchev–Trinajstić information content (AvgIpc) is 3.24. The van der Waals surface area contributed by atoms with Crippen LogP contribution in [-0.4, -0.2) is 21.2 Å². The Kier molecular flexibility index (Phi) is 3.51. The van der Waals surface area contributed by atoms with E-state index < -0.39 is 6.09 Å². The zero-order chi connectivity index (χ0) is 16.5. The number of carboxylic acid groups (broad SMARTS) is 1. The zero-order valence-electron chi connectivity index (χ0n) is 12.5. The topological polar surface area (TPSA) is 78.0 Å². The van der Waals surface area contributed by atoms with Crippen molar-refractivity contribution in [2.45, 2.75) is 0 Å². The van der Waals surface area contributed by atoms with Crippen LogP contribution >= 0.6 is 11.3 Å². The zero-order valence-corrected chi connectivity index (χ0v) is 13.3. The number of aromatic nitrogens is 2. The summed E-state index contributed by atoms with van der Waals surface area (Å²) in [7, 11) is 0. The van der Waals surface area contributed by atoms with Gasteiger partial charge in [-0.2, -0.15) is 0 Å². The van der Waals surface area contributed by atoms with Crippen LogP contribution in [0.25, 0.3) is 32.6 Å². The summed E-state index contributed by atoms with van der Waals surface area (Å²) in [6, 6.07) is 13.5. The van der Waals surface area contributed by atoms with E-state index in [1.165, 1.54) is 4.88 Å². The van der Waals surface area contributed by atoms with Gasteiger partial charge in [-0.3, -0.25) is 5.32 Å². The number of benzene rings is 1. The Morgan fingerprint density at radius 2 is 1.92 bits per heavy atom. The molecule has 0 aliphatic rings. The third-order valence-corrected chi connectivity index (χ3v) is 4.76. The third kappa shape index (κ3) is 2.53. The van der Waals surface area contributed by atoms with E-state index in [4.69, 9.17) is 5.11 Å². The first-order valence-corrected chi connectivity index (χ1v) is 8.21. The number of H-pyrrole nitrogens is 1. The van der Waals surface area contributed by atoms with Gasteiger partial charge in [0.1, 0.15) is 5.65 Å². The maximum Gasteiger partial charge on any atom is 0.409 e. The molecule has 0 bridgehead atoms. The van der Waals surface area contributed by atoms with Gasteiger partial charge in [0.25, 0.3) is 0 Å². The van der Waals surface area contributed by atoms with Gasteiger partial charge in [-0.15, -0.1) is 11.3 Å². The summed E-state index contributed by atoms with van der Waals surface area (Å²) < 4.78 is 0. The van der Waals surface area contributed by atoms with Gasteiger partial charge in [0.15, 0.2) is 0 Å². The minimum absolute atomic E-state index is 0.556. The molecule has 4 aromatic rings. The molecule has 0 unspecified atom stereocenters. The Hall–Kier alpha value is -3.12. The number of hydrogen-bond donors (Lipinski definition) is 3. The Labute approximate surface area is 141 Å². The monoisotopic (exact) mass is 335 g/mol. The number of amides is 1. The molecule has 1 aromatic carbocycles. The summed E-state index contributed by atoms with van der Waals surface area (Å²) >= 11 is 1.68. The summed E-state index contributed by atoms with van der Waals surface area (Å²) in [5, 5.41) is 14.3. The van der Waals surface area contributed by atoms with Gasteiger partial charge in [0, 0.05) is 39.5 Å². The van der Waals surface area contributed by atoms with E-state index in [2.05, 4.69) is 26.7 Å². The van der Waals surface area contributed by atoms with Crippen molar-refractivity contribution in [2.24, 2.45) is 0 Å². The number of rotatable bonds is 3. The Morgan fingerprint density at radius 1 is 1.08 bits per heavy atom. The molecule has 0 aliphatic heterocycles. The first kappa shape index (κ1) is 14.5. The molecule has 3 N–H and O–H groups in total. The summed E-state index contributed by atoms with van der Waals surface area (Å²) in [6.45, 7) is 0. The minimum Gasteiger partial charge on any atom is -0.465 e. The minimum atomic E-state index is -1.06. The lowest BCUT2D eigenvalue weighted by Crippen LogP contribution is -2.06. The van der Waals surface area contributed by atoms with Crippen LogP contribution in [0.5, 0.6) is 0 Å². The van der Waals surface area contributed by atoms with E-state index in [1.807, 2.05) is 30.5 Å². The van der Waals surface area contributed by atoms with Crippen LogP contribution in [-0.2, 0) is 0 Å². The molecule has 0 atom stereocenters. The first-order valence-electron chi connectivity index (χ1n) is 7.33. The second kappa shape index (κ2) is 5.82. The highest BCUT2D eigenvalue weighted by Crippen LogP contribution is 2.39. The fourth-order valence-electron chi connectivity index (χ4n) is 2.76. The Balaban J connectivity index is 1.78. The van der Waals surface area contributed by atoms with Crippen molar-refractivity contribution in [3.63, 3.8) is 0 Å². The quantitative estimate of drug-likeness (QED) is 0.490. The van der Waals surface area contributed by atoms with E-state index in [0.29, 0.717) is 5.69 Å². The molecule has 24 heavy (non-hydrogen) atoms. The molecule has 5 nitrogen and oxygen atoms in total. The van der Waals surface area contributed by atoms with Gasteiger partial charge in [-0.1, -0.05) is 12.1 Å². The number of fused-ring (bicyclic) bond motifs is 1. The lowest BCUT2D eigenvalue weighted by molar-refractivity contribution is 0.210. The first-order chi connectivity index (χ1) is 11.7. The smallest absolute Gasteiger partial charge is 0.409 e. The van der Waals surface area contributed by atoms with Crippen molar-refractivity contribution in [1.82, 2.24) is 9.97 Å². The lowest BCUT2D eigenvalue weighted by atomic mass is 10.0. The summed E-state index contributed by atoms with van der Waals surface area (Å²) in [6.07, 6.45) is 2.63. The fourth-order valence-corrected chi connectivity index (χ4v) is 3.72. The van der Waals surface area contributed by atoms with Crippen LogP contribution in [0.4, 0.5) is 10.5 Å². The van der Waals surface area contributed by atoms with E-state index in [-0.39, 0.29) is 0 Å². The Bertz CT molecular complexity index is 1020. The number of carbonyl (C=O) groups is 1. The van der Waals surface area contributed by atoms with Crippen molar-refractivity contribution < 1.29 is 9.90 Å². The molecular weight excluding hydrogens is 322 g/mol. The van der Waals surface area contributed by atoms with E-state index >= 15 is 0 Å². The molecule has 1 amide bonds. The number of thiophene rings is 1. The van der Waals surface area contributed by atoms with Crippen molar-refractivity contribution in [1.29, 1.82) is 0 Å². The lowest BCUT2D eigenvalue weighted by Gasteiger charge is -2.07. The van der Waals surface area contributed by atoms with Crippen molar-refractivity contribution >= 4 is 34.2 Å². The SMILES string of the molecule is O=C(O)Nc1ccc(-c2ccsc2-c2ccnc3[nH]ccc23)cc1. The number of anilines is 1. The summed E-state index contributed by atoms with van der Waals surface area (Å²) in [4.78, 5) is 19.3. The standard InChI is InChI=1S/C18H13N3O2S/c22-18(23)21-12-3-1-11(2-4-12)13-7-10-24-16(13)14-5-8-19-17-15(14)6-9-20-17/h1-10,21H,(H,19,20)(H,22,23). The van der Waals surface area contributed by atoms with Crippen LogP contribution in [0.1, 0.15) is 0 Å². The molecule has 0 aliphatic carbocycles. The summed E-state index contributed by atoms with van der Waals surface area (Å²) in [5.74, 6) is 0. The maximum atomic E-state index is 10.7. The summed E-state index contributed by atoms with van der Waals surface area (Å²) in [5.41, 5.74) is 4.73. The molecular formula is C18H13N3O2S. The van der Waals surface area contributed by atoms with Gasteiger partial charge >= 0.3 is 6.09 Å². The van der Waals surface area contributed by atoms with Crippen LogP contribution < -0.4 is 5.32 Å². The van der Waals surface area contributed by atoms with E-state index in [1.54, 1.807) is 29.7 Å². The highest BCUT2D eigenvalue weighted by Gasteiger charge is 2.13. The Morgan fingerprint density at radius 3 is 2.71 bits per heavy atom. The molecule has 3 heterocycles. The molecule has 3 aromatic heterocycles. The predicted molar refractivity (Wildman–Crippen MR) is 96.5 cm³/mol. The second-order valence-electron chi connectivity index (χ2n) is 5.27. The van der Waals surface area contributed by atoms with Gasteiger partial charge < -0.3 is 10.1 Å². The average molecular weight is 335 g/mol. The molecule has 0 saturated heterocycles. The largest absolute Gasteiger partial charge is 0.465 e. The molecule has 0 saturated carbocycles. The number of nitrogens with one attached hydrogen (secondary N) is 2. The van der Waals surface area contributed by atoms with Gasteiger partial charge in [-0.25, -0.2) is 9.78 Å².